The fourth-order valence-corrected chi connectivity index (χ4v) is 5.59. The molecular weight excluding hydrogens is 226 g/mol. The van der Waals surface area contributed by atoms with E-state index in [1.165, 1.54) is 0 Å². The smallest absolute Gasteiger partial charge is 0.0866 e. The minimum absolute atomic E-state index is 0.241. The number of nitroso groups, excluding NO2 is 3. The highest BCUT2D eigenvalue weighted by atomic mass is 28.3. The summed E-state index contributed by atoms with van der Waals surface area (Å²) in [5.41, 5.74) is 0. The second-order valence-corrected chi connectivity index (χ2v) is 7.58. The molecule has 0 radical (unpaired) electrons. The van der Waals surface area contributed by atoms with Gasteiger partial charge in [-0.15, -0.1) is 0 Å². The van der Waals surface area contributed by atoms with Crippen molar-refractivity contribution in [3.63, 3.8) is 0 Å². The Hall–Kier alpha value is -0.983. The third-order valence-electron chi connectivity index (χ3n) is 2.56. The van der Waals surface area contributed by atoms with Crippen LogP contribution in [-0.4, -0.2) is 26.9 Å². The van der Waals surface area contributed by atoms with Crippen LogP contribution >= 0.6 is 0 Å². The molecule has 0 spiro atoms. The van der Waals surface area contributed by atoms with Crippen LogP contribution in [0.2, 0.25) is 18.1 Å². The van der Waals surface area contributed by atoms with Gasteiger partial charge in [-0.2, -0.15) is 14.7 Å². The molecule has 0 rings (SSSR count). The molecule has 92 valence electrons. The topological polar surface area (TPSA) is 88.3 Å². The first-order valence-corrected chi connectivity index (χ1v) is 7.95. The lowest BCUT2D eigenvalue weighted by atomic mass is 10.4. The second-order valence-electron chi connectivity index (χ2n) is 4.44. The van der Waals surface area contributed by atoms with Crippen molar-refractivity contribution >= 4 is 8.80 Å². The maximum Gasteiger partial charge on any atom is 0.0866 e. The fraction of sp³-hybridized carbons (Fsp3) is 1.00. The molecule has 3 unspecified atom stereocenters. The van der Waals surface area contributed by atoms with Gasteiger partial charge in [0.15, 0.2) is 0 Å². The standard InChI is InChI=1S/C9H19N3O3Si/c1-7(10-13)4-16(5-8(2)11-14)6-9(3)12-15/h7-9,16H,4-6H2,1-3H3. The largest absolute Gasteiger partial charge is 0.151 e. The van der Waals surface area contributed by atoms with E-state index in [2.05, 4.69) is 15.5 Å². The van der Waals surface area contributed by atoms with Crippen molar-refractivity contribution in [2.75, 3.05) is 0 Å². The lowest BCUT2D eigenvalue weighted by molar-refractivity contribution is 0.749. The molecule has 6 nitrogen and oxygen atoms in total. The van der Waals surface area contributed by atoms with Gasteiger partial charge in [-0.05, 0) is 38.9 Å². The maximum atomic E-state index is 10.4. The number of nitrogens with zero attached hydrogens (tertiary/aromatic N) is 3. The number of hydrogen-bond acceptors (Lipinski definition) is 6. The van der Waals surface area contributed by atoms with Crippen molar-refractivity contribution in [3.05, 3.63) is 14.7 Å². The van der Waals surface area contributed by atoms with Crippen molar-refractivity contribution in [1.29, 1.82) is 0 Å². The summed E-state index contributed by atoms with van der Waals surface area (Å²) in [6, 6.07) is 1.41. The molecule has 16 heavy (non-hydrogen) atoms. The van der Waals surface area contributed by atoms with Gasteiger partial charge in [0.1, 0.15) is 0 Å². The minimum atomic E-state index is -1.34. The van der Waals surface area contributed by atoms with Crippen molar-refractivity contribution in [2.45, 2.75) is 57.0 Å². The molecule has 3 atom stereocenters. The van der Waals surface area contributed by atoms with Crippen LogP contribution in [-0.2, 0) is 0 Å². The number of hydrogen-bond donors (Lipinski definition) is 0. The summed E-state index contributed by atoms with van der Waals surface area (Å²) in [5, 5.41) is 8.89. The van der Waals surface area contributed by atoms with Gasteiger partial charge in [-0.25, -0.2) is 0 Å². The van der Waals surface area contributed by atoms with Crippen molar-refractivity contribution in [2.24, 2.45) is 15.5 Å². The molecule has 0 aromatic heterocycles. The maximum absolute atomic E-state index is 10.4. The van der Waals surface area contributed by atoms with Gasteiger partial charge >= 0.3 is 0 Å². The summed E-state index contributed by atoms with van der Waals surface area (Å²) < 4.78 is 0. The molecule has 7 heteroatoms. The summed E-state index contributed by atoms with van der Waals surface area (Å²) in [6.45, 7) is 5.26. The van der Waals surface area contributed by atoms with Gasteiger partial charge in [0.05, 0.1) is 18.1 Å². The average molecular weight is 245 g/mol. The summed E-state index contributed by atoms with van der Waals surface area (Å²) >= 11 is 0. The Labute approximate surface area is 96.7 Å². The third kappa shape index (κ3) is 6.49. The van der Waals surface area contributed by atoms with Gasteiger partial charge in [0.25, 0.3) is 0 Å². The summed E-state index contributed by atoms with van der Waals surface area (Å²) in [6.07, 6.45) is 0. The van der Waals surface area contributed by atoms with E-state index in [9.17, 15) is 14.7 Å². The second kappa shape index (κ2) is 8.20. The van der Waals surface area contributed by atoms with E-state index in [4.69, 9.17) is 0 Å². The van der Waals surface area contributed by atoms with E-state index < -0.39 is 8.80 Å². The molecular formula is C9H19N3O3Si. The molecule has 0 N–H and O–H groups in total. The van der Waals surface area contributed by atoms with Gasteiger partial charge in [-0.3, -0.25) is 0 Å². The van der Waals surface area contributed by atoms with E-state index in [-0.39, 0.29) is 18.1 Å². The predicted molar refractivity (Wildman–Crippen MR) is 67.3 cm³/mol. The molecule has 0 aliphatic rings. The van der Waals surface area contributed by atoms with Crippen LogP contribution in [0.15, 0.2) is 15.5 Å². The zero-order chi connectivity index (χ0) is 12.6. The Morgan fingerprint density at radius 3 is 1.19 bits per heavy atom. The molecule has 0 aromatic carbocycles. The Balaban J connectivity index is 4.30. The van der Waals surface area contributed by atoms with Crippen molar-refractivity contribution < 1.29 is 0 Å². The molecule has 0 aromatic rings. The van der Waals surface area contributed by atoms with Gasteiger partial charge < -0.3 is 0 Å². The lowest BCUT2D eigenvalue weighted by Gasteiger charge is -2.18. The van der Waals surface area contributed by atoms with Crippen LogP contribution < -0.4 is 0 Å². The van der Waals surface area contributed by atoms with Gasteiger partial charge in [-0.1, -0.05) is 15.5 Å². The Kier molecular flexibility index (Phi) is 7.70. The van der Waals surface area contributed by atoms with E-state index in [0.717, 1.165) is 0 Å². The van der Waals surface area contributed by atoms with E-state index in [1.54, 1.807) is 20.8 Å². The Morgan fingerprint density at radius 2 is 1.00 bits per heavy atom. The van der Waals surface area contributed by atoms with Gasteiger partial charge in [0.2, 0.25) is 0 Å². The highest BCUT2D eigenvalue weighted by molar-refractivity contribution is 6.59. The first-order chi connectivity index (χ1) is 7.53. The summed E-state index contributed by atoms with van der Waals surface area (Å²) in [5.74, 6) is 0. The van der Waals surface area contributed by atoms with Crippen LogP contribution in [0, 0.1) is 14.7 Å². The molecule has 0 amide bonds. The van der Waals surface area contributed by atoms with Crippen LogP contribution in [0.4, 0.5) is 0 Å². The summed E-state index contributed by atoms with van der Waals surface area (Å²) in [7, 11) is -1.34. The van der Waals surface area contributed by atoms with E-state index in [0.29, 0.717) is 18.1 Å². The van der Waals surface area contributed by atoms with E-state index >= 15 is 0 Å². The summed E-state index contributed by atoms with van der Waals surface area (Å²) in [4.78, 5) is 31.1. The predicted octanol–water partition coefficient (Wildman–Crippen LogP) is 2.68. The van der Waals surface area contributed by atoms with Crippen LogP contribution in [0.25, 0.3) is 0 Å². The van der Waals surface area contributed by atoms with Crippen molar-refractivity contribution in [1.82, 2.24) is 0 Å². The van der Waals surface area contributed by atoms with Gasteiger partial charge in [0, 0.05) is 8.80 Å². The quantitative estimate of drug-likeness (QED) is 0.462. The average Bonchev–Trinajstić information content (AvgIpc) is 2.28. The molecule has 0 saturated carbocycles. The molecule has 0 aliphatic heterocycles. The first-order valence-electron chi connectivity index (χ1n) is 5.50. The zero-order valence-electron chi connectivity index (χ0n) is 10.00. The molecule has 0 aliphatic carbocycles. The monoisotopic (exact) mass is 245 g/mol. The van der Waals surface area contributed by atoms with Crippen LogP contribution in [0.3, 0.4) is 0 Å². The Morgan fingerprint density at radius 1 is 0.750 bits per heavy atom. The highest BCUT2D eigenvalue weighted by Gasteiger charge is 2.21. The molecule has 0 bridgehead atoms. The van der Waals surface area contributed by atoms with Crippen molar-refractivity contribution in [3.8, 4) is 0 Å². The van der Waals surface area contributed by atoms with E-state index in [1.807, 2.05) is 0 Å². The molecule has 0 saturated heterocycles. The lowest BCUT2D eigenvalue weighted by Crippen LogP contribution is -2.25. The van der Waals surface area contributed by atoms with Crippen LogP contribution in [0.1, 0.15) is 20.8 Å². The van der Waals surface area contributed by atoms with Crippen LogP contribution in [0.5, 0.6) is 0 Å². The third-order valence-corrected chi connectivity index (χ3v) is 6.61. The number of rotatable bonds is 9. The molecule has 0 heterocycles. The highest BCUT2D eigenvalue weighted by Crippen LogP contribution is 2.17. The zero-order valence-corrected chi connectivity index (χ0v) is 11.2. The minimum Gasteiger partial charge on any atom is -0.151 e. The molecule has 0 fully saturated rings. The fourth-order valence-electron chi connectivity index (χ4n) is 1.86. The SMILES string of the molecule is CC(C[SiH](CC(C)N=O)CC(C)N=O)N=O. The first kappa shape index (κ1) is 15.0. The normalized spacial score (nSPS) is 18.2. The Bertz CT molecular complexity index is 202.